The molecule has 1 N–H and O–H groups in total. The number of carbonyl (C=O) groups is 1. The van der Waals surface area contributed by atoms with E-state index in [0.717, 1.165) is 28.3 Å². The molecule has 2 aromatic carbocycles. The van der Waals surface area contributed by atoms with E-state index < -0.39 is 28.3 Å². The molecule has 0 unspecified atom stereocenters. The van der Waals surface area contributed by atoms with Gasteiger partial charge in [0.15, 0.2) is 11.5 Å². The molecule has 0 aliphatic carbocycles. The van der Waals surface area contributed by atoms with Gasteiger partial charge in [0, 0.05) is 6.54 Å². The average Bonchev–Trinajstić information content (AvgIpc) is 2.64. The quantitative estimate of drug-likeness (QED) is 0.737. The van der Waals surface area contributed by atoms with Crippen LogP contribution in [0.15, 0.2) is 42.5 Å². The molecule has 27 heavy (non-hydrogen) atoms. The van der Waals surface area contributed by atoms with E-state index in [1.807, 2.05) is 0 Å². The summed E-state index contributed by atoms with van der Waals surface area (Å²) in [4.78, 5) is 12.2. The predicted molar refractivity (Wildman–Crippen MR) is 100.0 cm³/mol. The largest absolute Gasteiger partial charge is 0.493 e. The number of anilines is 1. The maximum absolute atomic E-state index is 13.1. The van der Waals surface area contributed by atoms with Crippen molar-refractivity contribution in [2.75, 3.05) is 31.3 Å². The van der Waals surface area contributed by atoms with Crippen LogP contribution in [0, 0.1) is 5.82 Å². The van der Waals surface area contributed by atoms with E-state index in [1.54, 1.807) is 18.2 Å². The summed E-state index contributed by atoms with van der Waals surface area (Å²) < 4.78 is 48.3. The predicted octanol–water partition coefficient (Wildman–Crippen LogP) is 1.93. The van der Waals surface area contributed by atoms with Crippen molar-refractivity contribution in [2.24, 2.45) is 0 Å². The zero-order valence-electron chi connectivity index (χ0n) is 15.2. The molecule has 2 aromatic rings. The van der Waals surface area contributed by atoms with Gasteiger partial charge in [0.1, 0.15) is 12.4 Å². The number of halogens is 1. The lowest BCUT2D eigenvalue weighted by molar-refractivity contribution is -0.119. The molecule has 0 fully saturated rings. The number of ether oxygens (including phenoxy) is 2. The number of nitrogens with one attached hydrogen (secondary N) is 1. The highest BCUT2D eigenvalue weighted by atomic mass is 32.2. The molecule has 0 spiro atoms. The van der Waals surface area contributed by atoms with Crippen molar-refractivity contribution in [3.05, 3.63) is 53.8 Å². The first-order chi connectivity index (χ1) is 12.7. The van der Waals surface area contributed by atoms with E-state index in [9.17, 15) is 17.6 Å². The lowest BCUT2D eigenvalue weighted by Crippen LogP contribution is -2.40. The van der Waals surface area contributed by atoms with Crippen molar-refractivity contribution in [1.82, 2.24) is 5.32 Å². The fourth-order valence-electron chi connectivity index (χ4n) is 2.38. The van der Waals surface area contributed by atoms with Gasteiger partial charge in [-0.05, 0) is 42.0 Å². The maximum atomic E-state index is 13.1. The minimum Gasteiger partial charge on any atom is -0.493 e. The Balaban J connectivity index is 2.07. The highest BCUT2D eigenvalue weighted by Crippen LogP contribution is 2.27. The van der Waals surface area contributed by atoms with Crippen LogP contribution in [0.4, 0.5) is 10.1 Å². The Morgan fingerprint density at radius 3 is 2.26 bits per heavy atom. The number of hydrogen-bond donors (Lipinski definition) is 1. The first kappa shape index (κ1) is 20.5. The fourth-order valence-corrected chi connectivity index (χ4v) is 3.24. The highest BCUT2D eigenvalue weighted by molar-refractivity contribution is 7.92. The van der Waals surface area contributed by atoms with Gasteiger partial charge in [-0.25, -0.2) is 12.8 Å². The van der Waals surface area contributed by atoms with Crippen LogP contribution in [-0.4, -0.2) is 41.3 Å². The van der Waals surface area contributed by atoms with Gasteiger partial charge in [0.05, 0.1) is 26.2 Å². The number of carbonyl (C=O) groups excluding carboxylic acids is 1. The van der Waals surface area contributed by atoms with Crippen molar-refractivity contribution in [2.45, 2.75) is 6.54 Å². The molecule has 0 aliphatic rings. The third kappa shape index (κ3) is 5.58. The summed E-state index contributed by atoms with van der Waals surface area (Å²) in [5.41, 5.74) is 0.967. The molecule has 0 atom stereocenters. The molecule has 0 radical (unpaired) electrons. The van der Waals surface area contributed by atoms with E-state index in [0.29, 0.717) is 11.5 Å². The summed E-state index contributed by atoms with van der Waals surface area (Å²) in [7, 11) is -0.686. The van der Waals surface area contributed by atoms with Gasteiger partial charge in [-0.1, -0.05) is 6.07 Å². The third-order valence-electron chi connectivity index (χ3n) is 3.74. The van der Waals surface area contributed by atoms with Crippen molar-refractivity contribution < 1.29 is 27.1 Å². The van der Waals surface area contributed by atoms with E-state index in [2.05, 4.69) is 5.32 Å². The Morgan fingerprint density at radius 1 is 1.07 bits per heavy atom. The summed E-state index contributed by atoms with van der Waals surface area (Å²) in [6.07, 6.45) is 0.984. The number of nitrogens with zero attached hydrogens (tertiary/aromatic N) is 1. The second-order valence-electron chi connectivity index (χ2n) is 5.71. The van der Waals surface area contributed by atoms with Crippen LogP contribution in [0.5, 0.6) is 11.5 Å². The maximum Gasteiger partial charge on any atom is 0.241 e. The molecule has 0 saturated heterocycles. The van der Waals surface area contributed by atoms with Crippen molar-refractivity contribution in [3.8, 4) is 11.5 Å². The normalized spacial score (nSPS) is 11.0. The summed E-state index contributed by atoms with van der Waals surface area (Å²) in [6, 6.07) is 10.1. The Hall–Kier alpha value is -2.81. The van der Waals surface area contributed by atoms with Gasteiger partial charge >= 0.3 is 0 Å². The van der Waals surface area contributed by atoms with Crippen molar-refractivity contribution in [3.63, 3.8) is 0 Å². The molecule has 0 aromatic heterocycles. The van der Waals surface area contributed by atoms with Crippen LogP contribution >= 0.6 is 0 Å². The molecular weight excluding hydrogens is 375 g/mol. The van der Waals surface area contributed by atoms with Crippen LogP contribution in [0.2, 0.25) is 0 Å². The average molecular weight is 396 g/mol. The Kier molecular flexibility index (Phi) is 6.62. The van der Waals surface area contributed by atoms with Crippen molar-refractivity contribution >= 4 is 21.6 Å². The number of hydrogen-bond acceptors (Lipinski definition) is 5. The minimum atomic E-state index is -3.71. The molecule has 0 heterocycles. The second kappa shape index (κ2) is 8.72. The Labute approximate surface area is 157 Å². The topological polar surface area (TPSA) is 84.9 Å². The lowest BCUT2D eigenvalue weighted by Gasteiger charge is -2.22. The van der Waals surface area contributed by atoms with Gasteiger partial charge in [0.2, 0.25) is 15.9 Å². The van der Waals surface area contributed by atoms with E-state index in [4.69, 9.17) is 9.47 Å². The minimum absolute atomic E-state index is 0.181. The van der Waals surface area contributed by atoms with Crippen LogP contribution in [-0.2, 0) is 21.4 Å². The highest BCUT2D eigenvalue weighted by Gasteiger charge is 2.20. The van der Waals surface area contributed by atoms with Crippen LogP contribution in [0.1, 0.15) is 5.56 Å². The zero-order chi connectivity index (χ0) is 20.0. The smallest absolute Gasteiger partial charge is 0.241 e. The molecule has 0 bridgehead atoms. The summed E-state index contributed by atoms with van der Waals surface area (Å²) in [5.74, 6) is 0.0881. The molecule has 0 aliphatic heterocycles. The standard InChI is InChI=1S/C18H21FN2O5S/c1-25-16-9-4-13(10-17(16)26-2)11-20-18(22)12-21(27(3,23)24)15-7-5-14(19)6-8-15/h4-10H,11-12H2,1-3H3,(H,20,22). The number of benzene rings is 2. The van der Waals surface area contributed by atoms with Crippen LogP contribution < -0.4 is 19.1 Å². The first-order valence-corrected chi connectivity index (χ1v) is 9.80. The molecular formula is C18H21FN2O5S. The summed E-state index contributed by atoms with van der Waals surface area (Å²) >= 11 is 0. The van der Waals surface area contributed by atoms with Crippen LogP contribution in [0.3, 0.4) is 0 Å². The summed E-state index contributed by atoms with van der Waals surface area (Å²) in [5, 5.41) is 2.66. The summed E-state index contributed by atoms with van der Waals surface area (Å²) in [6.45, 7) is -0.238. The van der Waals surface area contributed by atoms with Crippen molar-refractivity contribution in [1.29, 1.82) is 0 Å². The molecule has 7 nitrogen and oxygen atoms in total. The van der Waals surface area contributed by atoms with Gasteiger partial charge < -0.3 is 14.8 Å². The van der Waals surface area contributed by atoms with E-state index >= 15 is 0 Å². The van der Waals surface area contributed by atoms with Gasteiger partial charge in [-0.3, -0.25) is 9.10 Å². The van der Waals surface area contributed by atoms with E-state index in [-0.39, 0.29) is 12.2 Å². The number of amides is 1. The molecule has 146 valence electrons. The number of rotatable bonds is 8. The van der Waals surface area contributed by atoms with Gasteiger partial charge in [-0.2, -0.15) is 0 Å². The lowest BCUT2D eigenvalue weighted by atomic mass is 10.2. The zero-order valence-corrected chi connectivity index (χ0v) is 16.0. The monoisotopic (exact) mass is 396 g/mol. The molecule has 2 rings (SSSR count). The SMILES string of the molecule is COc1ccc(CNC(=O)CN(c2ccc(F)cc2)S(C)(=O)=O)cc1OC. The Bertz CT molecular complexity index is 900. The molecule has 9 heteroatoms. The number of methoxy groups -OCH3 is 2. The third-order valence-corrected chi connectivity index (χ3v) is 4.88. The number of sulfonamides is 1. The van der Waals surface area contributed by atoms with Crippen LogP contribution in [0.25, 0.3) is 0 Å². The fraction of sp³-hybridized carbons (Fsp3) is 0.278. The Morgan fingerprint density at radius 2 is 1.70 bits per heavy atom. The molecule has 0 saturated carbocycles. The van der Waals surface area contributed by atoms with Gasteiger partial charge in [0.25, 0.3) is 0 Å². The first-order valence-electron chi connectivity index (χ1n) is 7.95. The van der Waals surface area contributed by atoms with E-state index in [1.165, 1.54) is 26.4 Å². The molecule has 1 amide bonds. The van der Waals surface area contributed by atoms with Gasteiger partial charge in [-0.15, -0.1) is 0 Å². The second-order valence-corrected chi connectivity index (χ2v) is 7.62.